The highest BCUT2D eigenvalue weighted by Gasteiger charge is 2.21. The van der Waals surface area contributed by atoms with Crippen LogP contribution in [-0.4, -0.2) is 51.6 Å². The zero-order valence-corrected chi connectivity index (χ0v) is 20.9. The Hall–Kier alpha value is -4.01. The van der Waals surface area contributed by atoms with E-state index in [0.29, 0.717) is 38.2 Å². The SMILES string of the molecule is O=C(CCCCn1c(=O)cc(Nc2ccc3c(c2)CCC3)[nH]c1=O)N1CCN(c2ccc(O)cc2)CC1. The number of anilines is 3. The van der Waals surface area contributed by atoms with Crippen molar-refractivity contribution in [2.75, 3.05) is 36.4 Å². The summed E-state index contributed by atoms with van der Waals surface area (Å²) in [6, 6.07) is 14.7. The molecule has 9 heteroatoms. The number of nitrogens with one attached hydrogen (secondary N) is 2. The smallest absolute Gasteiger partial charge is 0.329 e. The molecule has 194 valence electrons. The van der Waals surface area contributed by atoms with Crippen LogP contribution >= 0.6 is 0 Å². The molecular weight excluding hydrogens is 470 g/mol. The fraction of sp³-hybridized carbons (Fsp3) is 0.393. The van der Waals surface area contributed by atoms with E-state index in [2.05, 4.69) is 27.3 Å². The van der Waals surface area contributed by atoms with Crippen LogP contribution in [0.5, 0.6) is 5.75 Å². The van der Waals surface area contributed by atoms with Crippen LogP contribution in [0, 0.1) is 0 Å². The Bertz CT molecular complexity index is 1340. The highest BCUT2D eigenvalue weighted by Crippen LogP contribution is 2.26. The van der Waals surface area contributed by atoms with E-state index in [9.17, 15) is 19.5 Å². The Balaban J connectivity index is 1.08. The van der Waals surface area contributed by atoms with Crippen LogP contribution in [0.25, 0.3) is 0 Å². The van der Waals surface area contributed by atoms with Gasteiger partial charge in [0.1, 0.15) is 11.6 Å². The molecule has 0 radical (unpaired) electrons. The molecule has 2 aliphatic rings. The van der Waals surface area contributed by atoms with Gasteiger partial charge in [-0.25, -0.2) is 4.79 Å². The number of unbranched alkanes of at least 4 members (excludes halogenated alkanes) is 1. The molecule has 1 aliphatic heterocycles. The van der Waals surface area contributed by atoms with Crippen LogP contribution in [-0.2, 0) is 24.2 Å². The van der Waals surface area contributed by atoms with Gasteiger partial charge in [0, 0.05) is 56.6 Å². The van der Waals surface area contributed by atoms with Crippen LogP contribution in [0.3, 0.4) is 0 Å². The van der Waals surface area contributed by atoms with Crippen molar-refractivity contribution in [3.05, 3.63) is 80.5 Å². The van der Waals surface area contributed by atoms with Gasteiger partial charge in [-0.3, -0.25) is 19.1 Å². The Morgan fingerprint density at radius 2 is 1.68 bits per heavy atom. The van der Waals surface area contributed by atoms with Gasteiger partial charge in [-0.05, 0) is 79.6 Å². The molecule has 9 nitrogen and oxygen atoms in total. The quantitative estimate of drug-likeness (QED) is 0.408. The number of carbonyl (C=O) groups excluding carboxylic acids is 1. The topological polar surface area (TPSA) is 111 Å². The molecule has 0 unspecified atom stereocenters. The van der Waals surface area contributed by atoms with Crippen molar-refractivity contribution in [3.8, 4) is 5.75 Å². The number of fused-ring (bicyclic) bond motifs is 1. The number of aromatic hydroxyl groups is 1. The van der Waals surface area contributed by atoms with Crippen molar-refractivity contribution < 1.29 is 9.90 Å². The van der Waals surface area contributed by atoms with Gasteiger partial charge in [0.2, 0.25) is 5.91 Å². The van der Waals surface area contributed by atoms with Gasteiger partial charge >= 0.3 is 5.69 Å². The minimum atomic E-state index is -0.451. The maximum Gasteiger partial charge on any atom is 0.329 e. The molecule has 0 bridgehead atoms. The van der Waals surface area contributed by atoms with Gasteiger partial charge in [0.05, 0.1) is 0 Å². The molecule has 2 heterocycles. The maximum absolute atomic E-state index is 12.6. The molecule has 1 fully saturated rings. The molecule has 0 atom stereocenters. The average molecular weight is 504 g/mol. The van der Waals surface area contributed by atoms with Crippen molar-refractivity contribution in [2.45, 2.75) is 45.1 Å². The highest BCUT2D eigenvalue weighted by atomic mass is 16.3. The lowest BCUT2D eigenvalue weighted by atomic mass is 10.1. The summed E-state index contributed by atoms with van der Waals surface area (Å²) in [5.74, 6) is 0.718. The van der Waals surface area contributed by atoms with Gasteiger partial charge in [-0.1, -0.05) is 6.07 Å². The summed E-state index contributed by atoms with van der Waals surface area (Å²) in [5, 5.41) is 12.6. The minimum Gasteiger partial charge on any atom is -0.508 e. The third-order valence-electron chi connectivity index (χ3n) is 7.27. The zero-order chi connectivity index (χ0) is 25.8. The monoisotopic (exact) mass is 503 g/mol. The summed E-state index contributed by atoms with van der Waals surface area (Å²) < 4.78 is 1.19. The Kier molecular flexibility index (Phi) is 7.30. The number of phenolic OH excluding ortho intramolecular Hbond substituents is 1. The zero-order valence-electron chi connectivity index (χ0n) is 20.9. The van der Waals surface area contributed by atoms with E-state index in [1.165, 1.54) is 21.8 Å². The number of amides is 1. The second-order valence-corrected chi connectivity index (χ2v) is 9.78. The third-order valence-corrected chi connectivity index (χ3v) is 7.27. The van der Waals surface area contributed by atoms with Crippen LogP contribution in [0.1, 0.15) is 36.8 Å². The first-order chi connectivity index (χ1) is 18.0. The number of carbonyl (C=O) groups is 1. The fourth-order valence-corrected chi connectivity index (χ4v) is 5.19. The van der Waals surface area contributed by atoms with E-state index in [4.69, 9.17) is 0 Å². The number of hydrogen-bond donors (Lipinski definition) is 3. The summed E-state index contributed by atoms with van der Waals surface area (Å²) in [7, 11) is 0. The van der Waals surface area contributed by atoms with Gasteiger partial charge < -0.3 is 20.2 Å². The molecule has 0 spiro atoms. The number of nitrogens with zero attached hydrogens (tertiary/aromatic N) is 3. The Labute approximate surface area is 215 Å². The largest absolute Gasteiger partial charge is 0.508 e. The molecule has 1 amide bonds. The van der Waals surface area contributed by atoms with Crippen LogP contribution in [0.2, 0.25) is 0 Å². The van der Waals surface area contributed by atoms with E-state index in [1.54, 1.807) is 12.1 Å². The van der Waals surface area contributed by atoms with Crippen molar-refractivity contribution in [2.24, 2.45) is 0 Å². The first kappa shape index (κ1) is 24.7. The average Bonchev–Trinajstić information content (AvgIpc) is 3.36. The lowest BCUT2D eigenvalue weighted by Crippen LogP contribution is -2.48. The predicted octanol–water partition coefficient (Wildman–Crippen LogP) is 2.99. The van der Waals surface area contributed by atoms with Crippen molar-refractivity contribution in [1.29, 1.82) is 0 Å². The number of aromatic nitrogens is 2. The second kappa shape index (κ2) is 10.9. The van der Waals surface area contributed by atoms with Crippen molar-refractivity contribution in [3.63, 3.8) is 0 Å². The third kappa shape index (κ3) is 5.87. The number of hydrogen-bond acceptors (Lipinski definition) is 6. The number of H-pyrrole nitrogens is 1. The van der Waals surface area contributed by atoms with Gasteiger partial charge in [-0.15, -0.1) is 0 Å². The van der Waals surface area contributed by atoms with Gasteiger partial charge in [-0.2, -0.15) is 0 Å². The lowest BCUT2D eigenvalue weighted by Gasteiger charge is -2.36. The molecule has 1 aliphatic carbocycles. The summed E-state index contributed by atoms with van der Waals surface area (Å²) in [6.45, 7) is 3.06. The number of piperazine rings is 1. The Morgan fingerprint density at radius 3 is 2.43 bits per heavy atom. The standard InChI is InChI=1S/C28H33N5O4/c34-24-11-9-23(10-12-24)31-14-16-32(17-15-31)26(35)6-1-2-13-33-27(36)19-25(30-28(33)37)29-22-8-7-20-4-3-5-21(20)18-22/h7-12,18-19,29,34H,1-6,13-17H2,(H,30,37). The first-order valence-corrected chi connectivity index (χ1v) is 13.0. The predicted molar refractivity (Wildman–Crippen MR) is 144 cm³/mol. The van der Waals surface area contributed by atoms with Crippen LogP contribution in [0.15, 0.2) is 58.1 Å². The highest BCUT2D eigenvalue weighted by molar-refractivity contribution is 5.76. The van der Waals surface area contributed by atoms with Gasteiger partial charge in [0.25, 0.3) is 5.56 Å². The summed E-state index contributed by atoms with van der Waals surface area (Å²) in [6.07, 6.45) is 4.89. The normalized spacial score (nSPS) is 15.0. The maximum atomic E-state index is 12.6. The van der Waals surface area contributed by atoms with E-state index < -0.39 is 5.69 Å². The molecule has 3 N–H and O–H groups in total. The fourth-order valence-electron chi connectivity index (χ4n) is 5.19. The second-order valence-electron chi connectivity index (χ2n) is 9.78. The molecule has 1 aromatic heterocycles. The number of aryl methyl sites for hydroxylation is 2. The van der Waals surface area contributed by atoms with Crippen LogP contribution < -0.4 is 21.5 Å². The number of rotatable bonds is 8. The Morgan fingerprint density at radius 1 is 0.919 bits per heavy atom. The minimum absolute atomic E-state index is 0.0977. The van der Waals surface area contributed by atoms with Crippen molar-refractivity contribution in [1.82, 2.24) is 14.5 Å². The summed E-state index contributed by atoms with van der Waals surface area (Å²) in [4.78, 5) is 44.6. The molecule has 3 aromatic rings. The van der Waals surface area contributed by atoms with E-state index in [-0.39, 0.29) is 23.8 Å². The molecule has 0 saturated carbocycles. The number of phenols is 1. The van der Waals surface area contributed by atoms with E-state index in [1.807, 2.05) is 23.1 Å². The number of benzene rings is 2. The molecular formula is C28H33N5O4. The molecule has 1 saturated heterocycles. The van der Waals surface area contributed by atoms with Crippen LogP contribution in [0.4, 0.5) is 17.2 Å². The first-order valence-electron chi connectivity index (χ1n) is 13.0. The van der Waals surface area contributed by atoms with E-state index in [0.717, 1.165) is 43.7 Å². The number of aromatic amines is 1. The molecule has 5 rings (SSSR count). The molecule has 2 aromatic carbocycles. The van der Waals surface area contributed by atoms with Crippen molar-refractivity contribution >= 4 is 23.1 Å². The molecule has 37 heavy (non-hydrogen) atoms. The summed E-state index contributed by atoms with van der Waals surface area (Å²) >= 11 is 0. The van der Waals surface area contributed by atoms with E-state index >= 15 is 0 Å². The lowest BCUT2D eigenvalue weighted by molar-refractivity contribution is -0.131. The summed E-state index contributed by atoms with van der Waals surface area (Å²) in [5.41, 5.74) is 3.76. The van der Waals surface area contributed by atoms with Gasteiger partial charge in [0.15, 0.2) is 0 Å².